The van der Waals surface area contributed by atoms with Gasteiger partial charge in [-0.3, -0.25) is 14.5 Å². The highest BCUT2D eigenvalue weighted by Gasteiger charge is 2.41. The van der Waals surface area contributed by atoms with Gasteiger partial charge in [0.05, 0.1) is 12.2 Å². The fourth-order valence-corrected chi connectivity index (χ4v) is 3.80. The molecular weight excluding hydrogens is 356 g/mol. The number of benzene rings is 1. The van der Waals surface area contributed by atoms with Crippen LogP contribution in [0, 0.1) is 5.92 Å². The summed E-state index contributed by atoms with van der Waals surface area (Å²) in [4.78, 5) is 29.8. The third-order valence-electron chi connectivity index (χ3n) is 5.43. The van der Waals surface area contributed by atoms with Crippen LogP contribution in [0.5, 0.6) is 5.75 Å². The van der Waals surface area contributed by atoms with Crippen molar-refractivity contribution in [3.05, 3.63) is 35.5 Å². The average Bonchev–Trinajstić information content (AvgIpc) is 2.94. The molecule has 0 unspecified atom stereocenters. The van der Waals surface area contributed by atoms with E-state index in [9.17, 15) is 9.59 Å². The summed E-state index contributed by atoms with van der Waals surface area (Å²) in [5.74, 6) is 1.02. The second-order valence-corrected chi connectivity index (χ2v) is 7.46. The zero-order chi connectivity index (χ0) is 20.1. The third-order valence-corrected chi connectivity index (χ3v) is 5.43. The molecule has 0 aromatic heterocycles. The lowest BCUT2D eigenvalue weighted by molar-refractivity contribution is -0.137. The Labute approximate surface area is 167 Å². The van der Waals surface area contributed by atoms with Crippen LogP contribution in [0.15, 0.2) is 30.0 Å². The molecule has 2 amide bonds. The van der Waals surface area contributed by atoms with Gasteiger partial charge in [-0.2, -0.15) is 0 Å². The Morgan fingerprint density at radius 3 is 2.36 bits per heavy atom. The summed E-state index contributed by atoms with van der Waals surface area (Å²) in [7, 11) is 1.62. The minimum absolute atomic E-state index is 0.181. The Morgan fingerprint density at radius 2 is 1.75 bits per heavy atom. The van der Waals surface area contributed by atoms with Crippen LogP contribution in [0.2, 0.25) is 0 Å². The fraction of sp³-hybridized carbons (Fsp3) is 0.545. The normalized spacial score (nSPS) is 18.4. The maximum Gasteiger partial charge on any atom is 0.277 e. The first-order valence-corrected chi connectivity index (χ1v) is 10.1. The molecule has 1 aromatic rings. The average molecular weight is 386 g/mol. The number of piperidine rings is 1. The number of likely N-dealkylation sites (tertiary alicyclic amines) is 1. The van der Waals surface area contributed by atoms with E-state index in [2.05, 4.69) is 11.8 Å². The molecule has 0 N–H and O–H groups in total. The van der Waals surface area contributed by atoms with E-state index in [-0.39, 0.29) is 11.8 Å². The molecule has 152 valence electrons. The van der Waals surface area contributed by atoms with Crippen LogP contribution < -0.4 is 4.74 Å². The van der Waals surface area contributed by atoms with Gasteiger partial charge in [-0.05, 0) is 49.8 Å². The number of hydrogen-bond acceptors (Lipinski definition) is 5. The highest BCUT2D eigenvalue weighted by Crippen LogP contribution is 2.34. The van der Waals surface area contributed by atoms with E-state index in [1.54, 1.807) is 7.11 Å². The second kappa shape index (κ2) is 9.24. The SMILES string of the molecule is CCOc1ccc(C2=C(N3CCC(C)CC3)C(=O)N(CCCOC)C2=O)cc1. The van der Waals surface area contributed by atoms with Crippen molar-refractivity contribution in [3.63, 3.8) is 0 Å². The second-order valence-electron chi connectivity index (χ2n) is 7.46. The summed E-state index contributed by atoms with van der Waals surface area (Å²) in [6.07, 6.45) is 2.70. The lowest BCUT2D eigenvalue weighted by Gasteiger charge is -2.32. The number of methoxy groups -OCH3 is 1. The van der Waals surface area contributed by atoms with Crippen molar-refractivity contribution in [3.8, 4) is 5.75 Å². The zero-order valence-electron chi connectivity index (χ0n) is 17.1. The molecule has 3 rings (SSSR count). The molecule has 1 saturated heterocycles. The summed E-state index contributed by atoms with van der Waals surface area (Å²) in [5, 5.41) is 0. The third kappa shape index (κ3) is 4.22. The molecule has 6 heteroatoms. The lowest BCUT2D eigenvalue weighted by atomic mass is 9.97. The van der Waals surface area contributed by atoms with Crippen LogP contribution in [-0.2, 0) is 14.3 Å². The molecule has 2 aliphatic rings. The Bertz CT molecular complexity index is 733. The van der Waals surface area contributed by atoms with Crippen LogP contribution in [0.25, 0.3) is 5.57 Å². The molecule has 0 bridgehead atoms. The van der Waals surface area contributed by atoms with E-state index >= 15 is 0 Å². The fourth-order valence-electron chi connectivity index (χ4n) is 3.80. The van der Waals surface area contributed by atoms with Crippen molar-refractivity contribution in [2.24, 2.45) is 5.92 Å². The van der Waals surface area contributed by atoms with Crippen LogP contribution in [-0.4, -0.2) is 61.6 Å². The topological polar surface area (TPSA) is 59.1 Å². The van der Waals surface area contributed by atoms with Gasteiger partial charge < -0.3 is 14.4 Å². The maximum atomic E-state index is 13.2. The number of imide groups is 1. The van der Waals surface area contributed by atoms with Crippen molar-refractivity contribution in [2.45, 2.75) is 33.1 Å². The maximum absolute atomic E-state index is 13.2. The molecule has 0 spiro atoms. The summed E-state index contributed by atoms with van der Waals surface area (Å²) >= 11 is 0. The molecule has 0 aliphatic carbocycles. The highest BCUT2D eigenvalue weighted by atomic mass is 16.5. The highest BCUT2D eigenvalue weighted by molar-refractivity contribution is 6.35. The summed E-state index contributed by atoms with van der Waals surface area (Å²) in [6, 6.07) is 7.45. The molecule has 2 heterocycles. The lowest BCUT2D eigenvalue weighted by Crippen LogP contribution is -2.39. The van der Waals surface area contributed by atoms with Gasteiger partial charge in [0.25, 0.3) is 11.8 Å². The van der Waals surface area contributed by atoms with E-state index < -0.39 is 0 Å². The predicted molar refractivity (Wildman–Crippen MR) is 108 cm³/mol. The van der Waals surface area contributed by atoms with Gasteiger partial charge in [0.1, 0.15) is 11.4 Å². The molecule has 1 aromatic carbocycles. The van der Waals surface area contributed by atoms with Crippen LogP contribution in [0.1, 0.15) is 38.7 Å². The molecule has 0 saturated carbocycles. The van der Waals surface area contributed by atoms with Crippen molar-refractivity contribution in [2.75, 3.05) is 40.0 Å². The first-order chi connectivity index (χ1) is 13.6. The molecule has 0 atom stereocenters. The van der Waals surface area contributed by atoms with Gasteiger partial charge in [-0.15, -0.1) is 0 Å². The van der Waals surface area contributed by atoms with Gasteiger partial charge in [0, 0.05) is 33.4 Å². The van der Waals surface area contributed by atoms with Gasteiger partial charge in [-0.25, -0.2) is 0 Å². The largest absolute Gasteiger partial charge is 0.494 e. The Hall–Kier alpha value is -2.34. The summed E-state index contributed by atoms with van der Waals surface area (Å²) in [6.45, 7) is 7.26. The molecule has 2 aliphatic heterocycles. The number of carbonyl (C=O) groups is 2. The molecule has 0 radical (unpaired) electrons. The summed E-state index contributed by atoms with van der Waals surface area (Å²) in [5.41, 5.74) is 1.84. The number of rotatable bonds is 8. The Kier molecular flexibility index (Phi) is 6.73. The Balaban J connectivity index is 1.93. The smallest absolute Gasteiger partial charge is 0.277 e. The van der Waals surface area contributed by atoms with Crippen LogP contribution in [0.3, 0.4) is 0 Å². The molecule has 6 nitrogen and oxygen atoms in total. The minimum Gasteiger partial charge on any atom is -0.494 e. The standard InChI is InChI=1S/C22H30N2O4/c1-4-28-18-8-6-17(7-9-18)19-20(23-13-10-16(2)11-14-23)22(26)24(21(19)25)12-5-15-27-3/h6-9,16H,4-5,10-15H2,1-3H3. The number of ether oxygens (including phenoxy) is 2. The van der Waals surface area contributed by atoms with Crippen molar-refractivity contribution >= 4 is 17.4 Å². The van der Waals surface area contributed by atoms with E-state index in [0.29, 0.717) is 43.4 Å². The Morgan fingerprint density at radius 1 is 1.07 bits per heavy atom. The van der Waals surface area contributed by atoms with Crippen molar-refractivity contribution in [1.29, 1.82) is 0 Å². The monoisotopic (exact) mass is 386 g/mol. The van der Waals surface area contributed by atoms with Crippen molar-refractivity contribution < 1.29 is 19.1 Å². The van der Waals surface area contributed by atoms with Gasteiger partial charge >= 0.3 is 0 Å². The summed E-state index contributed by atoms with van der Waals surface area (Å²) < 4.78 is 10.6. The number of nitrogens with zero attached hydrogens (tertiary/aromatic N) is 2. The minimum atomic E-state index is -0.209. The van der Waals surface area contributed by atoms with E-state index in [1.807, 2.05) is 31.2 Å². The van der Waals surface area contributed by atoms with E-state index in [0.717, 1.165) is 37.2 Å². The first-order valence-electron chi connectivity index (χ1n) is 10.1. The van der Waals surface area contributed by atoms with Gasteiger partial charge in [-0.1, -0.05) is 19.1 Å². The number of amides is 2. The number of carbonyl (C=O) groups excluding carboxylic acids is 2. The zero-order valence-corrected chi connectivity index (χ0v) is 17.1. The molecule has 1 fully saturated rings. The quantitative estimate of drug-likeness (QED) is 0.508. The first kappa shape index (κ1) is 20.4. The van der Waals surface area contributed by atoms with Gasteiger partial charge in [0.15, 0.2) is 0 Å². The molecular formula is C22H30N2O4. The van der Waals surface area contributed by atoms with Crippen LogP contribution in [0.4, 0.5) is 0 Å². The molecule has 28 heavy (non-hydrogen) atoms. The number of hydrogen-bond donors (Lipinski definition) is 0. The predicted octanol–water partition coefficient (Wildman–Crippen LogP) is 2.93. The van der Waals surface area contributed by atoms with Crippen molar-refractivity contribution in [1.82, 2.24) is 9.80 Å². The van der Waals surface area contributed by atoms with Crippen LogP contribution >= 0.6 is 0 Å². The van der Waals surface area contributed by atoms with Gasteiger partial charge in [0.2, 0.25) is 0 Å². The van der Waals surface area contributed by atoms with E-state index in [1.165, 1.54) is 4.90 Å². The van der Waals surface area contributed by atoms with E-state index in [4.69, 9.17) is 9.47 Å².